The molecule has 8 heteroatoms. The van der Waals surface area contributed by atoms with E-state index >= 15 is 0 Å². The number of rotatable bonds is 18. The van der Waals surface area contributed by atoms with E-state index in [1.807, 2.05) is 0 Å². The Morgan fingerprint density at radius 2 is 0.667 bits per heavy atom. The highest BCUT2D eigenvalue weighted by molar-refractivity contribution is 6.57. The second-order valence-electron chi connectivity index (χ2n) is 7.12. The molecule has 0 fully saturated rings. The van der Waals surface area contributed by atoms with Gasteiger partial charge in [-0.15, -0.1) is 0 Å². The van der Waals surface area contributed by atoms with Gasteiger partial charge < -0.3 is 10.2 Å². The van der Waals surface area contributed by atoms with Gasteiger partial charge in [0.2, 0.25) is 8.67 Å². The van der Waals surface area contributed by atoms with Crippen molar-refractivity contribution in [2.24, 2.45) is 0 Å². The summed E-state index contributed by atoms with van der Waals surface area (Å²) in [6, 6.07) is 0. The van der Waals surface area contributed by atoms with Crippen molar-refractivity contribution >= 4 is 58.3 Å². The maximum atomic E-state index is 10.8. The minimum absolute atomic E-state index is 0.290. The van der Waals surface area contributed by atoms with Gasteiger partial charge in [-0.05, 0) is 25.7 Å². The Labute approximate surface area is 182 Å². The number of alkyl halides is 4. The lowest BCUT2D eigenvalue weighted by atomic mass is 10.0. The molecule has 0 aliphatic heterocycles. The Kier molecular flexibility index (Phi) is 15.1. The fourth-order valence-electron chi connectivity index (χ4n) is 2.85. The molecule has 0 aromatic heterocycles. The smallest absolute Gasteiger partial charge is 0.340 e. The van der Waals surface area contributed by atoms with Gasteiger partial charge >= 0.3 is 11.9 Å². The van der Waals surface area contributed by atoms with Gasteiger partial charge in [0.25, 0.3) is 0 Å². The molecule has 0 bridgehead atoms. The monoisotopic (exact) mass is 464 g/mol. The summed E-state index contributed by atoms with van der Waals surface area (Å²) in [6.07, 6.45) is 14.6. The average Bonchev–Trinajstić information content (AvgIpc) is 2.57. The lowest BCUT2D eigenvalue weighted by Gasteiger charge is -2.13. The highest BCUT2D eigenvalue weighted by atomic mass is 35.5. The van der Waals surface area contributed by atoms with Crippen LogP contribution in [-0.2, 0) is 9.59 Å². The summed E-state index contributed by atoms with van der Waals surface area (Å²) in [7, 11) is 0. The van der Waals surface area contributed by atoms with Gasteiger partial charge in [0, 0.05) is 0 Å². The summed E-state index contributed by atoms with van der Waals surface area (Å²) in [5.74, 6) is -2.34. The van der Waals surface area contributed by atoms with Crippen molar-refractivity contribution in [3.63, 3.8) is 0 Å². The van der Waals surface area contributed by atoms with Gasteiger partial charge in [0.05, 0.1) is 0 Å². The largest absolute Gasteiger partial charge is 0.479 e. The van der Waals surface area contributed by atoms with Crippen molar-refractivity contribution in [2.45, 2.75) is 105 Å². The maximum absolute atomic E-state index is 10.8. The molecule has 0 saturated heterocycles. The molecule has 4 nitrogen and oxygen atoms in total. The Hall–Kier alpha value is 0.1000. The SMILES string of the molecule is O=C(O)C(Cl)(Cl)CCCCCCCCCCCCCCCC(Cl)(Cl)C(=O)O. The number of unbranched alkanes of at least 4 members (excludes halogenated alkanes) is 12. The van der Waals surface area contributed by atoms with Crippen LogP contribution in [0.2, 0.25) is 0 Å². The third-order valence-corrected chi connectivity index (χ3v) is 6.01. The third kappa shape index (κ3) is 14.7. The second-order valence-corrected chi connectivity index (χ2v) is 10.1. The first kappa shape index (κ1) is 27.1. The molecule has 0 aliphatic carbocycles. The number of hydrogen-bond donors (Lipinski definition) is 2. The fourth-order valence-corrected chi connectivity index (χ4v) is 3.39. The van der Waals surface area contributed by atoms with Crippen LogP contribution in [0, 0.1) is 0 Å². The highest BCUT2D eigenvalue weighted by Gasteiger charge is 2.33. The van der Waals surface area contributed by atoms with Crippen molar-refractivity contribution in [2.75, 3.05) is 0 Å². The molecular weight excluding hydrogens is 434 g/mol. The van der Waals surface area contributed by atoms with Gasteiger partial charge in [-0.25, -0.2) is 9.59 Å². The summed E-state index contributed by atoms with van der Waals surface area (Å²) < 4.78 is -3.29. The van der Waals surface area contributed by atoms with E-state index in [0.717, 1.165) is 51.4 Å². The van der Waals surface area contributed by atoms with Crippen LogP contribution in [0.3, 0.4) is 0 Å². The van der Waals surface area contributed by atoms with E-state index < -0.39 is 20.6 Å². The first-order chi connectivity index (χ1) is 12.6. The third-order valence-electron chi connectivity index (χ3n) is 4.61. The molecular formula is C19H32Cl4O4. The average molecular weight is 466 g/mol. The molecule has 0 aromatic carbocycles. The summed E-state index contributed by atoms with van der Waals surface area (Å²) in [6.45, 7) is 0. The van der Waals surface area contributed by atoms with E-state index in [4.69, 9.17) is 56.6 Å². The Bertz CT molecular complexity index is 390. The first-order valence-electron chi connectivity index (χ1n) is 9.82. The van der Waals surface area contributed by atoms with Crippen LogP contribution in [0.4, 0.5) is 0 Å². The molecule has 0 heterocycles. The van der Waals surface area contributed by atoms with E-state index in [2.05, 4.69) is 0 Å². The number of aliphatic carboxylic acids is 2. The van der Waals surface area contributed by atoms with Gasteiger partial charge in [-0.1, -0.05) is 117 Å². The molecule has 0 spiro atoms. The van der Waals surface area contributed by atoms with Crippen LogP contribution < -0.4 is 0 Å². The normalized spacial score (nSPS) is 12.3. The van der Waals surface area contributed by atoms with E-state index in [0.29, 0.717) is 12.8 Å². The summed E-state index contributed by atoms with van der Waals surface area (Å²) in [4.78, 5) is 21.5. The van der Waals surface area contributed by atoms with Gasteiger partial charge in [-0.2, -0.15) is 0 Å². The van der Waals surface area contributed by atoms with Crippen molar-refractivity contribution < 1.29 is 19.8 Å². The molecule has 0 rings (SSSR count). The number of carboxylic acid groups (broad SMARTS) is 2. The van der Waals surface area contributed by atoms with Gasteiger partial charge in [0.1, 0.15) is 0 Å². The molecule has 2 N–H and O–H groups in total. The van der Waals surface area contributed by atoms with Gasteiger partial charge in [-0.3, -0.25) is 0 Å². The number of carboxylic acids is 2. The van der Waals surface area contributed by atoms with E-state index in [-0.39, 0.29) is 0 Å². The predicted octanol–water partition coefficient (Wildman–Crippen LogP) is 7.35. The number of halogens is 4. The predicted molar refractivity (Wildman–Crippen MR) is 113 cm³/mol. The lowest BCUT2D eigenvalue weighted by molar-refractivity contribution is -0.138. The molecule has 0 saturated carbocycles. The maximum Gasteiger partial charge on any atom is 0.340 e. The van der Waals surface area contributed by atoms with Crippen molar-refractivity contribution in [1.29, 1.82) is 0 Å². The minimum Gasteiger partial charge on any atom is -0.479 e. The zero-order valence-corrected chi connectivity index (χ0v) is 18.9. The topological polar surface area (TPSA) is 74.6 Å². The van der Waals surface area contributed by atoms with Crippen LogP contribution in [-0.4, -0.2) is 30.8 Å². The van der Waals surface area contributed by atoms with Crippen LogP contribution in [0.15, 0.2) is 0 Å². The molecule has 0 atom stereocenters. The molecule has 160 valence electrons. The van der Waals surface area contributed by atoms with Gasteiger partial charge in [0.15, 0.2) is 0 Å². The highest BCUT2D eigenvalue weighted by Crippen LogP contribution is 2.29. The number of carbonyl (C=O) groups is 2. The summed E-state index contributed by atoms with van der Waals surface area (Å²) in [5.41, 5.74) is 0. The standard InChI is InChI=1S/C19H32Cl4O4/c20-18(21,16(24)25)14-12-10-8-6-4-2-1-3-5-7-9-11-13-15-19(22,23)17(26)27/h1-15H2,(H,24,25)(H,26,27). The van der Waals surface area contributed by atoms with Crippen LogP contribution in [0.5, 0.6) is 0 Å². The molecule has 0 aliphatic rings. The summed E-state index contributed by atoms with van der Waals surface area (Å²) >= 11 is 22.7. The van der Waals surface area contributed by atoms with E-state index in [1.165, 1.54) is 32.1 Å². The van der Waals surface area contributed by atoms with Crippen molar-refractivity contribution in [3.8, 4) is 0 Å². The quantitative estimate of drug-likeness (QED) is 0.164. The van der Waals surface area contributed by atoms with Crippen LogP contribution in [0.1, 0.15) is 96.3 Å². The van der Waals surface area contributed by atoms with Crippen molar-refractivity contribution in [1.82, 2.24) is 0 Å². The van der Waals surface area contributed by atoms with E-state index in [1.54, 1.807) is 0 Å². The van der Waals surface area contributed by atoms with E-state index in [9.17, 15) is 9.59 Å². The lowest BCUT2D eigenvalue weighted by Crippen LogP contribution is -2.25. The van der Waals surface area contributed by atoms with Crippen LogP contribution in [0.25, 0.3) is 0 Å². The second kappa shape index (κ2) is 15.0. The summed E-state index contributed by atoms with van der Waals surface area (Å²) in [5, 5.41) is 17.6. The molecule has 27 heavy (non-hydrogen) atoms. The zero-order chi connectivity index (χ0) is 20.8. The minimum atomic E-state index is -1.65. The molecule has 0 radical (unpaired) electrons. The Balaban J connectivity index is 3.30. The molecule has 0 amide bonds. The Morgan fingerprint density at radius 3 is 0.852 bits per heavy atom. The Morgan fingerprint density at radius 1 is 0.481 bits per heavy atom. The number of hydrogen-bond acceptors (Lipinski definition) is 2. The molecule has 0 aromatic rings. The first-order valence-corrected chi connectivity index (χ1v) is 11.3. The van der Waals surface area contributed by atoms with Crippen molar-refractivity contribution in [3.05, 3.63) is 0 Å². The zero-order valence-electron chi connectivity index (χ0n) is 15.8. The molecule has 0 unspecified atom stereocenters. The van der Waals surface area contributed by atoms with Crippen LogP contribution >= 0.6 is 46.4 Å². The fraction of sp³-hybridized carbons (Fsp3) is 0.895.